The molecule has 184 valence electrons. The van der Waals surface area contributed by atoms with E-state index >= 15 is 0 Å². The summed E-state index contributed by atoms with van der Waals surface area (Å²) in [6, 6.07) is 22.9. The van der Waals surface area contributed by atoms with E-state index in [1.54, 1.807) is 35.3 Å². The van der Waals surface area contributed by atoms with Crippen LogP contribution in [0.15, 0.2) is 89.7 Å². The van der Waals surface area contributed by atoms with Crippen molar-refractivity contribution in [2.75, 3.05) is 0 Å². The molecule has 1 fully saturated rings. The fraction of sp³-hybridized carbons (Fsp3) is 0.172. The minimum absolute atomic E-state index is 0.0581. The lowest BCUT2D eigenvalue weighted by Crippen LogP contribution is -2.25. The second kappa shape index (κ2) is 9.73. The summed E-state index contributed by atoms with van der Waals surface area (Å²) in [4.78, 5) is 30.5. The molecule has 1 aliphatic rings. The molecule has 5 aromatic rings. The lowest BCUT2D eigenvalue weighted by Gasteiger charge is -2.10. The Morgan fingerprint density at radius 2 is 1.78 bits per heavy atom. The third kappa shape index (κ3) is 4.99. The smallest absolute Gasteiger partial charge is 0.252 e. The summed E-state index contributed by atoms with van der Waals surface area (Å²) in [5.74, 6) is 0.465. The highest BCUT2D eigenvalue weighted by Crippen LogP contribution is 2.26. The van der Waals surface area contributed by atoms with Gasteiger partial charge in [0, 0.05) is 23.7 Å². The Labute approximate surface area is 213 Å². The molecule has 0 radical (unpaired) electrons. The van der Waals surface area contributed by atoms with Crippen LogP contribution in [-0.2, 0) is 13.1 Å². The summed E-state index contributed by atoms with van der Waals surface area (Å²) >= 11 is 0. The van der Waals surface area contributed by atoms with Gasteiger partial charge in [-0.15, -0.1) is 0 Å². The molecule has 0 spiro atoms. The summed E-state index contributed by atoms with van der Waals surface area (Å²) in [6.07, 6.45) is 5.38. The maximum Gasteiger partial charge on any atom is 0.252 e. The molecule has 1 aliphatic carbocycles. The van der Waals surface area contributed by atoms with Gasteiger partial charge in [0.15, 0.2) is 5.65 Å². The highest BCUT2D eigenvalue weighted by molar-refractivity contribution is 6.06. The van der Waals surface area contributed by atoms with Crippen LogP contribution in [0.2, 0.25) is 0 Å². The molecule has 3 aromatic heterocycles. The van der Waals surface area contributed by atoms with Gasteiger partial charge in [0.05, 0.1) is 29.1 Å². The Kier molecular flexibility index (Phi) is 5.98. The van der Waals surface area contributed by atoms with Crippen LogP contribution in [0.25, 0.3) is 22.3 Å². The first-order chi connectivity index (χ1) is 18.1. The van der Waals surface area contributed by atoms with E-state index in [2.05, 4.69) is 15.7 Å². The predicted molar refractivity (Wildman–Crippen MR) is 139 cm³/mol. The summed E-state index contributed by atoms with van der Waals surface area (Å²) < 4.78 is 7.23. The molecule has 0 bridgehead atoms. The van der Waals surface area contributed by atoms with Crippen LogP contribution in [0.5, 0.6) is 0 Å². The van der Waals surface area contributed by atoms with Crippen molar-refractivity contribution < 1.29 is 14.0 Å². The third-order valence-electron chi connectivity index (χ3n) is 6.39. The Bertz CT molecular complexity index is 1550. The van der Waals surface area contributed by atoms with E-state index in [0.29, 0.717) is 47.0 Å². The number of furan rings is 1. The van der Waals surface area contributed by atoms with Crippen LogP contribution in [0, 0.1) is 0 Å². The number of rotatable bonds is 8. The van der Waals surface area contributed by atoms with E-state index in [4.69, 9.17) is 9.40 Å². The van der Waals surface area contributed by atoms with Crippen molar-refractivity contribution in [3.63, 3.8) is 0 Å². The topological polar surface area (TPSA) is 102 Å². The minimum atomic E-state index is -0.224. The fourth-order valence-corrected chi connectivity index (χ4v) is 4.21. The zero-order valence-electron chi connectivity index (χ0n) is 20.1. The van der Waals surface area contributed by atoms with Crippen LogP contribution >= 0.6 is 0 Å². The van der Waals surface area contributed by atoms with Crippen LogP contribution in [0.1, 0.15) is 44.9 Å². The quantitative estimate of drug-likeness (QED) is 0.331. The highest BCUT2D eigenvalue weighted by Gasteiger charge is 2.23. The molecular formula is C29H25N5O3. The van der Waals surface area contributed by atoms with Gasteiger partial charge in [-0.3, -0.25) is 9.59 Å². The summed E-state index contributed by atoms with van der Waals surface area (Å²) in [5.41, 5.74) is 4.21. The van der Waals surface area contributed by atoms with Gasteiger partial charge < -0.3 is 15.1 Å². The molecular weight excluding hydrogens is 466 g/mol. The number of hydrogen-bond donors (Lipinski definition) is 2. The summed E-state index contributed by atoms with van der Waals surface area (Å²) in [7, 11) is 0. The normalized spacial score (nSPS) is 13.0. The number of benzene rings is 2. The monoisotopic (exact) mass is 491 g/mol. The van der Waals surface area contributed by atoms with Crippen molar-refractivity contribution in [2.45, 2.75) is 32.0 Å². The number of nitrogens with one attached hydrogen (secondary N) is 2. The Balaban J connectivity index is 1.26. The van der Waals surface area contributed by atoms with Crippen LogP contribution in [0.4, 0.5) is 0 Å². The van der Waals surface area contributed by atoms with Crippen LogP contribution < -0.4 is 10.6 Å². The van der Waals surface area contributed by atoms with Gasteiger partial charge in [0.1, 0.15) is 12.3 Å². The molecule has 0 unspecified atom stereocenters. The molecule has 0 aliphatic heterocycles. The molecule has 2 N–H and O–H groups in total. The SMILES string of the molecule is O=C(NC1CC1)c1ccc(CNC(=O)c2cc(-c3ccccc3)nc3c2cnn3Cc2ccco2)cc1. The molecule has 1 saturated carbocycles. The number of pyridine rings is 1. The molecule has 6 rings (SSSR count). The number of aromatic nitrogens is 3. The third-order valence-corrected chi connectivity index (χ3v) is 6.39. The zero-order chi connectivity index (χ0) is 25.2. The lowest BCUT2D eigenvalue weighted by atomic mass is 10.1. The summed E-state index contributed by atoms with van der Waals surface area (Å²) in [5, 5.41) is 11.1. The maximum absolute atomic E-state index is 13.4. The van der Waals surface area contributed by atoms with E-state index < -0.39 is 0 Å². The lowest BCUT2D eigenvalue weighted by molar-refractivity contribution is 0.0942. The minimum Gasteiger partial charge on any atom is -0.467 e. The van der Waals surface area contributed by atoms with Crippen molar-refractivity contribution in [3.05, 3.63) is 108 Å². The molecule has 3 heterocycles. The van der Waals surface area contributed by atoms with Gasteiger partial charge in [0.2, 0.25) is 0 Å². The van der Waals surface area contributed by atoms with Gasteiger partial charge in [-0.05, 0) is 48.7 Å². The molecule has 2 aromatic carbocycles. The van der Waals surface area contributed by atoms with E-state index in [1.165, 1.54) is 0 Å². The van der Waals surface area contributed by atoms with E-state index in [0.717, 1.165) is 29.7 Å². The van der Waals surface area contributed by atoms with Crippen molar-refractivity contribution in [3.8, 4) is 11.3 Å². The maximum atomic E-state index is 13.4. The van der Waals surface area contributed by atoms with Crippen LogP contribution in [-0.4, -0.2) is 32.6 Å². The van der Waals surface area contributed by atoms with Crippen LogP contribution in [0.3, 0.4) is 0 Å². The van der Waals surface area contributed by atoms with Crippen molar-refractivity contribution in [1.29, 1.82) is 0 Å². The second-order valence-corrected chi connectivity index (χ2v) is 9.17. The van der Waals surface area contributed by atoms with Gasteiger partial charge in [-0.1, -0.05) is 42.5 Å². The van der Waals surface area contributed by atoms with Gasteiger partial charge in [-0.25, -0.2) is 9.67 Å². The summed E-state index contributed by atoms with van der Waals surface area (Å²) in [6.45, 7) is 0.734. The van der Waals surface area contributed by atoms with E-state index in [1.807, 2.05) is 54.6 Å². The first-order valence-corrected chi connectivity index (χ1v) is 12.3. The van der Waals surface area contributed by atoms with Crippen molar-refractivity contribution in [1.82, 2.24) is 25.4 Å². The highest BCUT2D eigenvalue weighted by atomic mass is 16.3. The fourth-order valence-electron chi connectivity index (χ4n) is 4.21. The largest absolute Gasteiger partial charge is 0.467 e. The Morgan fingerprint density at radius 3 is 2.51 bits per heavy atom. The van der Waals surface area contributed by atoms with E-state index in [-0.39, 0.29) is 11.8 Å². The number of fused-ring (bicyclic) bond motifs is 1. The number of nitrogens with zero attached hydrogens (tertiary/aromatic N) is 3. The molecule has 2 amide bonds. The first kappa shape index (κ1) is 22.7. The molecule has 8 heteroatoms. The number of carbonyl (C=O) groups excluding carboxylic acids is 2. The van der Waals surface area contributed by atoms with Crippen molar-refractivity contribution >= 4 is 22.8 Å². The van der Waals surface area contributed by atoms with Gasteiger partial charge in [-0.2, -0.15) is 5.10 Å². The average molecular weight is 492 g/mol. The van der Waals surface area contributed by atoms with Crippen molar-refractivity contribution in [2.24, 2.45) is 0 Å². The molecule has 8 nitrogen and oxygen atoms in total. The number of carbonyl (C=O) groups is 2. The molecule has 37 heavy (non-hydrogen) atoms. The van der Waals surface area contributed by atoms with E-state index in [9.17, 15) is 9.59 Å². The first-order valence-electron chi connectivity index (χ1n) is 12.3. The average Bonchev–Trinajstić information content (AvgIpc) is 3.42. The standard InChI is InChI=1S/C29H25N5O3/c35-28(32-22-12-13-22)21-10-8-19(9-11-21)16-30-29(36)24-15-26(20-5-2-1-3-6-20)33-27-25(24)17-31-34(27)18-23-7-4-14-37-23/h1-11,14-15,17,22H,12-13,16,18H2,(H,30,36)(H,32,35). The zero-order valence-corrected chi connectivity index (χ0v) is 20.1. The molecule has 0 atom stereocenters. The molecule has 0 saturated heterocycles. The Morgan fingerprint density at radius 1 is 0.973 bits per heavy atom. The number of hydrogen-bond acceptors (Lipinski definition) is 5. The van der Waals surface area contributed by atoms with Gasteiger partial charge in [0.25, 0.3) is 11.8 Å². The number of amides is 2. The predicted octanol–water partition coefficient (Wildman–Crippen LogP) is 4.56. The Hall–Kier alpha value is -4.72. The van der Waals surface area contributed by atoms with Gasteiger partial charge >= 0.3 is 0 Å². The second-order valence-electron chi connectivity index (χ2n) is 9.17.